The van der Waals surface area contributed by atoms with Crippen LogP contribution in [0.25, 0.3) is 0 Å². The van der Waals surface area contributed by atoms with Crippen molar-refractivity contribution in [3.63, 3.8) is 0 Å². The van der Waals surface area contributed by atoms with Gasteiger partial charge in [-0.05, 0) is 79.8 Å². The van der Waals surface area contributed by atoms with Crippen molar-refractivity contribution in [2.24, 2.45) is 0 Å². The van der Waals surface area contributed by atoms with E-state index < -0.39 is 5.97 Å². The summed E-state index contributed by atoms with van der Waals surface area (Å²) in [5.74, 6) is -0.693. The zero-order valence-electron chi connectivity index (χ0n) is 14.8. The van der Waals surface area contributed by atoms with Gasteiger partial charge in [0, 0.05) is 10.6 Å². The van der Waals surface area contributed by atoms with Gasteiger partial charge in [0.2, 0.25) is 0 Å². The van der Waals surface area contributed by atoms with Crippen LogP contribution in [0.1, 0.15) is 56.9 Å². The van der Waals surface area contributed by atoms with Crippen LogP contribution >= 0.6 is 11.3 Å². The highest BCUT2D eigenvalue weighted by molar-refractivity contribution is 7.14. The molecule has 136 valence electrons. The molecule has 2 aliphatic carbocycles. The quantitative estimate of drug-likeness (QED) is 0.646. The monoisotopic (exact) mass is 369 g/mol. The minimum Gasteiger partial charge on any atom is -0.451 e. The summed E-state index contributed by atoms with van der Waals surface area (Å²) in [5.41, 5.74) is 4.73. The molecule has 0 aliphatic heterocycles. The van der Waals surface area contributed by atoms with Gasteiger partial charge in [0.15, 0.2) is 6.61 Å². The third-order valence-electron chi connectivity index (χ3n) is 5.16. The first-order valence-corrected chi connectivity index (χ1v) is 10.2. The van der Waals surface area contributed by atoms with Crippen molar-refractivity contribution >= 4 is 28.9 Å². The molecular formula is C21H23NO3S. The first kappa shape index (κ1) is 17.3. The van der Waals surface area contributed by atoms with E-state index in [0.29, 0.717) is 4.88 Å². The fourth-order valence-corrected chi connectivity index (χ4v) is 4.96. The molecule has 0 spiro atoms. The van der Waals surface area contributed by atoms with Crippen molar-refractivity contribution in [3.8, 4) is 0 Å². The molecule has 26 heavy (non-hydrogen) atoms. The van der Waals surface area contributed by atoms with E-state index in [0.717, 1.165) is 31.4 Å². The van der Waals surface area contributed by atoms with Crippen LogP contribution < -0.4 is 5.32 Å². The molecule has 0 bridgehead atoms. The van der Waals surface area contributed by atoms with Gasteiger partial charge >= 0.3 is 5.97 Å². The second-order valence-corrected chi connectivity index (χ2v) is 8.22. The number of carbonyl (C=O) groups is 2. The van der Waals surface area contributed by atoms with E-state index in [2.05, 4.69) is 11.4 Å². The molecule has 4 nitrogen and oxygen atoms in total. The Balaban J connectivity index is 1.32. The fourth-order valence-electron chi connectivity index (χ4n) is 3.82. The number of ether oxygens (including phenoxy) is 1. The normalized spacial score (nSPS) is 15.7. The minimum atomic E-state index is -0.396. The number of rotatable bonds is 4. The van der Waals surface area contributed by atoms with Crippen molar-refractivity contribution in [1.82, 2.24) is 0 Å². The van der Waals surface area contributed by atoms with Gasteiger partial charge in [0.05, 0.1) is 0 Å². The summed E-state index contributed by atoms with van der Waals surface area (Å²) in [6.07, 6.45) is 9.07. The maximum Gasteiger partial charge on any atom is 0.348 e. The summed E-state index contributed by atoms with van der Waals surface area (Å²) >= 11 is 1.52. The van der Waals surface area contributed by atoms with Crippen LogP contribution in [-0.4, -0.2) is 18.5 Å². The van der Waals surface area contributed by atoms with Gasteiger partial charge in [0.1, 0.15) is 4.88 Å². The zero-order chi connectivity index (χ0) is 17.9. The molecule has 1 amide bonds. The Hall–Kier alpha value is -2.14. The Morgan fingerprint density at radius 1 is 0.923 bits per heavy atom. The van der Waals surface area contributed by atoms with E-state index in [1.165, 1.54) is 58.6 Å². The van der Waals surface area contributed by atoms with E-state index in [1.54, 1.807) is 0 Å². The molecule has 2 aromatic rings. The van der Waals surface area contributed by atoms with E-state index in [4.69, 9.17) is 4.74 Å². The number of benzene rings is 1. The van der Waals surface area contributed by atoms with E-state index in [1.807, 2.05) is 18.2 Å². The SMILES string of the molecule is O=C(COC(=O)c1cc2c(s1)CCCCC2)Nc1ccc2c(c1)CCC2. The molecule has 1 aromatic heterocycles. The molecule has 1 aromatic carbocycles. The van der Waals surface area contributed by atoms with Gasteiger partial charge in [-0.3, -0.25) is 4.79 Å². The number of aryl methyl sites for hydroxylation is 4. The van der Waals surface area contributed by atoms with Crippen molar-refractivity contribution in [1.29, 1.82) is 0 Å². The second kappa shape index (κ2) is 7.62. The molecule has 2 aliphatic rings. The number of carbonyl (C=O) groups excluding carboxylic acids is 2. The predicted octanol–water partition coefficient (Wildman–Crippen LogP) is 4.30. The van der Waals surface area contributed by atoms with Crippen LogP contribution in [0, 0.1) is 0 Å². The number of thiophene rings is 1. The average Bonchev–Trinajstić information content (AvgIpc) is 3.21. The predicted molar refractivity (Wildman–Crippen MR) is 103 cm³/mol. The topological polar surface area (TPSA) is 55.4 Å². The van der Waals surface area contributed by atoms with E-state index in [9.17, 15) is 9.59 Å². The third kappa shape index (κ3) is 3.83. The third-order valence-corrected chi connectivity index (χ3v) is 6.38. The van der Waals surface area contributed by atoms with Crippen molar-refractivity contribution in [2.45, 2.75) is 51.4 Å². The number of amides is 1. The first-order valence-electron chi connectivity index (χ1n) is 9.39. The molecule has 1 heterocycles. The van der Waals surface area contributed by atoms with Gasteiger partial charge in [-0.2, -0.15) is 0 Å². The maximum atomic E-state index is 12.3. The molecule has 1 N–H and O–H groups in total. The largest absolute Gasteiger partial charge is 0.451 e. The highest BCUT2D eigenvalue weighted by Crippen LogP contribution is 2.29. The highest BCUT2D eigenvalue weighted by Gasteiger charge is 2.18. The molecular weight excluding hydrogens is 346 g/mol. The van der Waals surface area contributed by atoms with Crippen molar-refractivity contribution < 1.29 is 14.3 Å². The molecule has 0 fully saturated rings. The average molecular weight is 369 g/mol. The van der Waals surface area contributed by atoms with Gasteiger partial charge in [-0.1, -0.05) is 12.5 Å². The Labute approximate surface area is 157 Å². The maximum absolute atomic E-state index is 12.3. The van der Waals surface area contributed by atoms with Gasteiger partial charge in [-0.15, -0.1) is 11.3 Å². The lowest BCUT2D eigenvalue weighted by Crippen LogP contribution is -2.20. The minimum absolute atomic E-state index is 0.252. The highest BCUT2D eigenvalue weighted by atomic mass is 32.1. The second-order valence-electron chi connectivity index (χ2n) is 7.08. The molecule has 0 radical (unpaired) electrons. The molecule has 5 heteroatoms. The Kier molecular flexibility index (Phi) is 5.07. The van der Waals surface area contributed by atoms with Crippen LogP contribution in [0.4, 0.5) is 5.69 Å². The van der Waals surface area contributed by atoms with Gasteiger partial charge < -0.3 is 10.1 Å². The number of hydrogen-bond donors (Lipinski definition) is 1. The summed E-state index contributed by atoms with van der Waals surface area (Å²) in [5, 5.41) is 2.82. The number of anilines is 1. The van der Waals surface area contributed by atoms with Crippen LogP contribution in [0.5, 0.6) is 0 Å². The van der Waals surface area contributed by atoms with Crippen LogP contribution in [0.15, 0.2) is 24.3 Å². The fraction of sp³-hybridized carbons (Fsp3) is 0.429. The van der Waals surface area contributed by atoms with E-state index >= 15 is 0 Å². The van der Waals surface area contributed by atoms with Gasteiger partial charge in [-0.25, -0.2) is 4.79 Å². The number of nitrogens with one attached hydrogen (secondary N) is 1. The molecule has 0 atom stereocenters. The van der Waals surface area contributed by atoms with Gasteiger partial charge in [0.25, 0.3) is 5.91 Å². The first-order chi connectivity index (χ1) is 12.7. The lowest BCUT2D eigenvalue weighted by Gasteiger charge is -2.08. The molecule has 0 saturated heterocycles. The van der Waals surface area contributed by atoms with Crippen LogP contribution in [0.2, 0.25) is 0 Å². The number of hydrogen-bond acceptors (Lipinski definition) is 4. The summed E-state index contributed by atoms with van der Waals surface area (Å²) in [4.78, 5) is 26.3. The summed E-state index contributed by atoms with van der Waals surface area (Å²) in [6, 6.07) is 7.97. The van der Waals surface area contributed by atoms with Crippen LogP contribution in [-0.2, 0) is 35.2 Å². The van der Waals surface area contributed by atoms with E-state index in [-0.39, 0.29) is 12.5 Å². The smallest absolute Gasteiger partial charge is 0.348 e. The van der Waals surface area contributed by atoms with Crippen molar-refractivity contribution in [2.75, 3.05) is 11.9 Å². The van der Waals surface area contributed by atoms with Crippen LogP contribution in [0.3, 0.4) is 0 Å². The van der Waals surface area contributed by atoms with Crippen molar-refractivity contribution in [3.05, 3.63) is 50.7 Å². The summed E-state index contributed by atoms with van der Waals surface area (Å²) < 4.78 is 5.22. The number of esters is 1. The molecule has 0 unspecified atom stereocenters. The molecule has 4 rings (SSSR count). The summed E-state index contributed by atoms with van der Waals surface area (Å²) in [6.45, 7) is -0.252. The Bertz CT molecular complexity index is 816. The number of fused-ring (bicyclic) bond motifs is 2. The lowest BCUT2D eigenvalue weighted by atomic mass is 10.1. The summed E-state index contributed by atoms with van der Waals surface area (Å²) in [7, 11) is 0. The standard InChI is InChI=1S/C21H23NO3S/c23-20(22-17-10-9-14-6-4-7-15(14)11-17)13-25-21(24)19-12-16-5-2-1-3-8-18(16)26-19/h9-12H,1-8,13H2,(H,22,23). The molecule has 0 saturated carbocycles. The Morgan fingerprint density at radius 3 is 2.65 bits per heavy atom. The lowest BCUT2D eigenvalue weighted by molar-refractivity contribution is -0.119. The Morgan fingerprint density at radius 2 is 1.73 bits per heavy atom. The zero-order valence-corrected chi connectivity index (χ0v) is 15.6.